The maximum atomic E-state index is 12.7. The number of ether oxygens (including phenoxy) is 1. The van der Waals surface area contributed by atoms with Crippen molar-refractivity contribution in [3.8, 4) is 5.75 Å². The lowest BCUT2D eigenvalue weighted by Crippen LogP contribution is -2.34. The molecule has 24 heavy (non-hydrogen) atoms. The van der Waals surface area contributed by atoms with Crippen LogP contribution in [0.4, 0.5) is 5.69 Å². The van der Waals surface area contributed by atoms with Gasteiger partial charge in [-0.05, 0) is 49.2 Å². The van der Waals surface area contributed by atoms with Crippen LogP contribution in [0, 0.1) is 0 Å². The number of carbonyl (C=O) groups is 1. The third kappa shape index (κ3) is 4.90. The van der Waals surface area contributed by atoms with Gasteiger partial charge in [-0.1, -0.05) is 24.3 Å². The highest BCUT2D eigenvalue weighted by Gasteiger charge is 2.20. The predicted octanol–water partition coefficient (Wildman–Crippen LogP) is 3.85. The van der Waals surface area contributed by atoms with Crippen molar-refractivity contribution in [3.05, 3.63) is 59.7 Å². The summed E-state index contributed by atoms with van der Waals surface area (Å²) in [4.78, 5) is 14.5. The summed E-state index contributed by atoms with van der Waals surface area (Å²) in [7, 11) is 1.65. The molecular formula is C19H25ClN2O2. The average molecular weight is 349 g/mol. The molecule has 0 heterocycles. The first-order chi connectivity index (χ1) is 11.0. The highest BCUT2D eigenvalue weighted by molar-refractivity contribution is 5.85. The summed E-state index contributed by atoms with van der Waals surface area (Å²) in [6, 6.07) is 15.3. The number of anilines is 1. The Kier molecular flexibility index (Phi) is 7.59. The molecule has 0 fully saturated rings. The van der Waals surface area contributed by atoms with E-state index in [1.54, 1.807) is 7.11 Å². The Labute approximate surface area is 150 Å². The van der Waals surface area contributed by atoms with E-state index in [4.69, 9.17) is 10.5 Å². The summed E-state index contributed by atoms with van der Waals surface area (Å²) >= 11 is 0. The third-order valence-electron chi connectivity index (χ3n) is 4.04. The Morgan fingerprint density at radius 2 is 1.88 bits per heavy atom. The minimum absolute atomic E-state index is 0. The Bertz CT molecular complexity index is 659. The lowest BCUT2D eigenvalue weighted by atomic mass is 10.0. The van der Waals surface area contributed by atoms with Crippen molar-refractivity contribution in [1.82, 2.24) is 4.90 Å². The number of rotatable bonds is 6. The van der Waals surface area contributed by atoms with E-state index < -0.39 is 0 Å². The molecule has 2 N–H and O–H groups in total. The van der Waals surface area contributed by atoms with Gasteiger partial charge in [0.2, 0.25) is 5.91 Å². The van der Waals surface area contributed by atoms with Crippen LogP contribution in [-0.4, -0.2) is 24.5 Å². The topological polar surface area (TPSA) is 55.6 Å². The summed E-state index contributed by atoms with van der Waals surface area (Å²) in [5.41, 5.74) is 8.43. The smallest absolute Gasteiger partial charge is 0.227 e. The number of nitrogen functional groups attached to an aromatic ring is 1. The van der Waals surface area contributed by atoms with Gasteiger partial charge in [0.05, 0.1) is 19.6 Å². The molecule has 1 amide bonds. The van der Waals surface area contributed by atoms with Gasteiger partial charge in [-0.3, -0.25) is 4.79 Å². The monoisotopic (exact) mass is 348 g/mol. The molecule has 1 unspecified atom stereocenters. The molecular weight excluding hydrogens is 324 g/mol. The molecule has 0 saturated heterocycles. The highest BCUT2D eigenvalue weighted by atomic mass is 35.5. The summed E-state index contributed by atoms with van der Waals surface area (Å²) in [5, 5.41) is 0. The number of nitrogens with two attached hydrogens (primary N) is 1. The summed E-state index contributed by atoms with van der Waals surface area (Å²) in [6.45, 7) is 4.70. The van der Waals surface area contributed by atoms with E-state index >= 15 is 0 Å². The molecule has 1 atom stereocenters. The maximum Gasteiger partial charge on any atom is 0.227 e. The highest BCUT2D eigenvalue weighted by Crippen LogP contribution is 2.24. The fraction of sp³-hybridized carbons (Fsp3) is 0.316. The fourth-order valence-electron chi connectivity index (χ4n) is 2.66. The normalized spacial score (nSPS) is 11.3. The van der Waals surface area contributed by atoms with E-state index in [0.29, 0.717) is 18.7 Å². The van der Waals surface area contributed by atoms with E-state index in [2.05, 4.69) is 0 Å². The number of methoxy groups -OCH3 is 1. The second kappa shape index (κ2) is 9.18. The van der Waals surface area contributed by atoms with Crippen molar-refractivity contribution in [2.75, 3.05) is 19.4 Å². The molecule has 0 radical (unpaired) electrons. The standard InChI is InChI=1S/C19H24N2O2.ClH/c1-4-21(14(2)16-6-5-7-18(13-16)23-3)19(22)12-15-8-10-17(20)11-9-15;/h5-11,13-14H,4,12,20H2,1-3H3;1H. The lowest BCUT2D eigenvalue weighted by Gasteiger charge is -2.29. The quantitative estimate of drug-likeness (QED) is 0.807. The van der Waals surface area contributed by atoms with Crippen LogP contribution in [0.2, 0.25) is 0 Å². The van der Waals surface area contributed by atoms with Crippen molar-refractivity contribution in [2.45, 2.75) is 26.3 Å². The SMILES string of the molecule is CCN(C(=O)Cc1ccc(N)cc1)C(C)c1cccc(OC)c1.Cl. The van der Waals surface area contributed by atoms with Gasteiger partial charge >= 0.3 is 0 Å². The Morgan fingerprint density at radius 1 is 1.21 bits per heavy atom. The molecule has 2 rings (SSSR count). The molecule has 0 aromatic heterocycles. The number of hydrogen-bond donors (Lipinski definition) is 1. The minimum Gasteiger partial charge on any atom is -0.497 e. The van der Waals surface area contributed by atoms with Crippen LogP contribution >= 0.6 is 12.4 Å². The van der Waals surface area contributed by atoms with Crippen LogP contribution in [0.1, 0.15) is 31.0 Å². The van der Waals surface area contributed by atoms with Crippen molar-refractivity contribution in [1.29, 1.82) is 0 Å². The number of halogens is 1. The lowest BCUT2D eigenvalue weighted by molar-refractivity contribution is -0.132. The van der Waals surface area contributed by atoms with Crippen molar-refractivity contribution < 1.29 is 9.53 Å². The fourth-order valence-corrected chi connectivity index (χ4v) is 2.66. The van der Waals surface area contributed by atoms with Crippen molar-refractivity contribution >= 4 is 24.0 Å². The van der Waals surface area contributed by atoms with Crippen LogP contribution in [0.3, 0.4) is 0 Å². The van der Waals surface area contributed by atoms with E-state index in [-0.39, 0.29) is 24.4 Å². The maximum absolute atomic E-state index is 12.7. The van der Waals surface area contributed by atoms with Gasteiger partial charge in [-0.25, -0.2) is 0 Å². The number of benzene rings is 2. The zero-order valence-electron chi connectivity index (χ0n) is 14.4. The van der Waals surface area contributed by atoms with Crippen molar-refractivity contribution in [2.24, 2.45) is 0 Å². The van der Waals surface area contributed by atoms with E-state index in [9.17, 15) is 4.79 Å². The molecule has 2 aromatic carbocycles. The molecule has 2 aromatic rings. The van der Waals surface area contributed by atoms with E-state index in [1.807, 2.05) is 67.3 Å². The molecule has 0 aliphatic heterocycles. The van der Waals surface area contributed by atoms with E-state index in [1.165, 1.54) is 0 Å². The zero-order valence-corrected chi connectivity index (χ0v) is 15.2. The summed E-state index contributed by atoms with van der Waals surface area (Å²) in [6.07, 6.45) is 0.377. The first kappa shape index (κ1) is 19.8. The second-order valence-corrected chi connectivity index (χ2v) is 5.55. The van der Waals surface area contributed by atoms with Gasteiger partial charge in [-0.2, -0.15) is 0 Å². The number of likely N-dealkylation sites (N-methyl/N-ethyl adjacent to an activating group) is 1. The molecule has 130 valence electrons. The first-order valence-electron chi connectivity index (χ1n) is 7.83. The molecule has 0 aliphatic carbocycles. The van der Waals surface area contributed by atoms with Gasteiger partial charge in [0.1, 0.15) is 5.75 Å². The first-order valence-corrected chi connectivity index (χ1v) is 7.83. The van der Waals surface area contributed by atoms with Crippen LogP contribution in [0.5, 0.6) is 5.75 Å². The summed E-state index contributed by atoms with van der Waals surface area (Å²) < 4.78 is 5.27. The summed E-state index contributed by atoms with van der Waals surface area (Å²) in [5.74, 6) is 0.906. The van der Waals surface area contributed by atoms with Gasteiger partial charge in [-0.15, -0.1) is 12.4 Å². The van der Waals surface area contributed by atoms with Gasteiger partial charge < -0.3 is 15.4 Å². The van der Waals surface area contributed by atoms with E-state index in [0.717, 1.165) is 16.9 Å². The van der Waals surface area contributed by atoms with Crippen LogP contribution in [0.25, 0.3) is 0 Å². The average Bonchev–Trinajstić information content (AvgIpc) is 2.57. The molecule has 5 heteroatoms. The molecule has 0 aliphatic rings. The predicted molar refractivity (Wildman–Crippen MR) is 101 cm³/mol. The van der Waals surface area contributed by atoms with Crippen LogP contribution < -0.4 is 10.5 Å². The molecule has 4 nitrogen and oxygen atoms in total. The molecule has 0 spiro atoms. The Balaban J connectivity index is 0.00000288. The molecule has 0 bridgehead atoms. The second-order valence-electron chi connectivity index (χ2n) is 5.55. The van der Waals surface area contributed by atoms with Crippen molar-refractivity contribution in [3.63, 3.8) is 0 Å². The number of carbonyl (C=O) groups excluding carboxylic acids is 1. The largest absolute Gasteiger partial charge is 0.497 e. The minimum atomic E-state index is -0.00335. The molecule has 0 saturated carbocycles. The van der Waals surface area contributed by atoms with Crippen LogP contribution in [-0.2, 0) is 11.2 Å². The van der Waals surface area contributed by atoms with Crippen LogP contribution in [0.15, 0.2) is 48.5 Å². The number of amides is 1. The Morgan fingerprint density at radius 3 is 2.46 bits per heavy atom. The third-order valence-corrected chi connectivity index (χ3v) is 4.04. The number of nitrogens with zero attached hydrogens (tertiary/aromatic N) is 1. The van der Waals surface area contributed by atoms with Gasteiger partial charge in [0, 0.05) is 12.2 Å². The Hall–Kier alpha value is -2.20. The van der Waals surface area contributed by atoms with Gasteiger partial charge in [0.25, 0.3) is 0 Å². The van der Waals surface area contributed by atoms with Gasteiger partial charge in [0.15, 0.2) is 0 Å². The zero-order chi connectivity index (χ0) is 16.8. The number of hydrogen-bond acceptors (Lipinski definition) is 3.